The number of carboxylic acid groups (broad SMARTS) is 1. The zero-order valence-corrected chi connectivity index (χ0v) is 28.2. The Morgan fingerprint density at radius 1 is 1.14 bits per heavy atom. The average molecular weight is 605 g/mol. The maximum atomic E-state index is 14.3. The Balaban J connectivity index is 1.68. The Kier molecular flexibility index (Phi) is 10.6. The number of allylic oxidation sites excluding steroid dienone is 2. The number of likely N-dealkylation sites (tertiary alicyclic amines) is 1. The summed E-state index contributed by atoms with van der Waals surface area (Å²) < 4.78 is 6.54. The molecule has 0 aromatic heterocycles. The molecule has 2 aliphatic heterocycles. The smallest absolute Gasteiger partial charge is 0.308 e. The number of ether oxygens (including phenoxy) is 1. The van der Waals surface area contributed by atoms with Crippen molar-refractivity contribution in [2.45, 2.75) is 78.8 Å². The summed E-state index contributed by atoms with van der Waals surface area (Å²) in [7, 11) is 6.50. The van der Waals surface area contributed by atoms with E-state index in [1.807, 2.05) is 29.2 Å². The first-order chi connectivity index (χ1) is 20.7. The van der Waals surface area contributed by atoms with E-state index >= 15 is 0 Å². The van der Waals surface area contributed by atoms with Gasteiger partial charge in [0.25, 0.3) is 0 Å². The molecule has 3 atom stereocenters. The molecular weight excluding hydrogens is 550 g/mol. The van der Waals surface area contributed by atoms with Gasteiger partial charge in [-0.25, -0.2) is 0 Å². The summed E-state index contributed by atoms with van der Waals surface area (Å²) in [6, 6.07) is 14.2. The van der Waals surface area contributed by atoms with E-state index in [0.29, 0.717) is 26.1 Å². The van der Waals surface area contributed by atoms with Gasteiger partial charge in [-0.15, -0.1) is 0 Å². The number of hydrogen-bond acceptors (Lipinski definition) is 4. The third-order valence-corrected chi connectivity index (χ3v) is 8.84. The fraction of sp³-hybridized carbons (Fsp3) is 0.568. The van der Waals surface area contributed by atoms with Gasteiger partial charge in [-0.05, 0) is 61.4 Å². The van der Waals surface area contributed by atoms with Crippen molar-refractivity contribution in [3.63, 3.8) is 0 Å². The molecule has 1 fully saturated rings. The van der Waals surface area contributed by atoms with Crippen molar-refractivity contribution < 1.29 is 23.9 Å². The van der Waals surface area contributed by atoms with Gasteiger partial charge in [0.05, 0.1) is 40.2 Å². The van der Waals surface area contributed by atoms with Crippen molar-refractivity contribution in [3.8, 4) is 5.75 Å². The van der Waals surface area contributed by atoms with Crippen LogP contribution in [0.25, 0.3) is 0 Å². The monoisotopic (exact) mass is 604 g/mol. The van der Waals surface area contributed by atoms with Gasteiger partial charge in [0, 0.05) is 42.7 Å². The van der Waals surface area contributed by atoms with E-state index < -0.39 is 11.9 Å². The van der Waals surface area contributed by atoms with Gasteiger partial charge in [-0.3, -0.25) is 14.5 Å². The summed E-state index contributed by atoms with van der Waals surface area (Å²) in [4.78, 5) is 31.4. The molecule has 4 rings (SSSR count). The predicted octanol–water partition coefficient (Wildman–Crippen LogP) is 6.51. The minimum absolute atomic E-state index is 0.0259. The minimum atomic E-state index is -0.796. The van der Waals surface area contributed by atoms with E-state index in [2.05, 4.69) is 84.9 Å². The van der Waals surface area contributed by atoms with Gasteiger partial charge < -0.3 is 19.2 Å². The van der Waals surface area contributed by atoms with Crippen LogP contribution in [0, 0.1) is 11.3 Å². The lowest BCUT2D eigenvalue weighted by atomic mass is 9.77. The zero-order chi connectivity index (χ0) is 32.2. The lowest BCUT2D eigenvalue weighted by molar-refractivity contribution is -0.884. The molecule has 1 saturated heterocycles. The standard InChI is InChI=1S/C37H53N3O4/c1-9-10-17-39(30-13-11-12-27(19-30)25-40(6,7)8)34(41)24-38-23-31(28-14-15-33-29(20-28)16-18-44-33)35(36(42)43)32(38)22-37(4,5)21-26(2)3/h11-15,19-21,31-32,35H,9-10,16-18,22-25H2,1-8H3/p+1/t31-,32+,35-/m1/s1. The first-order valence-electron chi connectivity index (χ1n) is 16.3. The number of benzene rings is 2. The molecule has 2 aliphatic rings. The number of quaternary nitrogens is 1. The molecule has 0 saturated carbocycles. The lowest BCUT2D eigenvalue weighted by Crippen LogP contribution is -2.45. The number of carbonyl (C=O) groups excluding carboxylic acids is 1. The lowest BCUT2D eigenvalue weighted by Gasteiger charge is -2.34. The number of unbranched alkanes of at least 4 members (excludes halogenated alkanes) is 1. The Labute approximate surface area is 265 Å². The van der Waals surface area contributed by atoms with Crippen molar-refractivity contribution in [3.05, 3.63) is 70.8 Å². The maximum Gasteiger partial charge on any atom is 0.308 e. The van der Waals surface area contributed by atoms with Crippen molar-refractivity contribution in [2.75, 3.05) is 52.3 Å². The molecule has 1 amide bonds. The fourth-order valence-electron chi connectivity index (χ4n) is 7.24. The summed E-state index contributed by atoms with van der Waals surface area (Å²) in [5.41, 5.74) is 5.26. The van der Waals surface area contributed by atoms with Crippen LogP contribution in [0.3, 0.4) is 0 Å². The minimum Gasteiger partial charge on any atom is -0.493 e. The Morgan fingerprint density at radius 3 is 2.55 bits per heavy atom. The molecule has 0 spiro atoms. The highest BCUT2D eigenvalue weighted by atomic mass is 16.5. The molecule has 0 bridgehead atoms. The largest absolute Gasteiger partial charge is 0.493 e. The van der Waals surface area contributed by atoms with Gasteiger partial charge in [-0.1, -0.05) is 63.1 Å². The highest BCUT2D eigenvalue weighted by molar-refractivity contribution is 5.95. The van der Waals surface area contributed by atoms with Crippen molar-refractivity contribution in [1.29, 1.82) is 0 Å². The first kappa shape index (κ1) is 33.7. The molecule has 0 unspecified atom stereocenters. The van der Waals surface area contributed by atoms with E-state index in [4.69, 9.17) is 4.74 Å². The van der Waals surface area contributed by atoms with Gasteiger partial charge in [0.2, 0.25) is 5.91 Å². The molecule has 240 valence electrons. The Bertz CT molecular complexity index is 1350. The molecule has 2 aromatic rings. The molecule has 0 aliphatic carbocycles. The van der Waals surface area contributed by atoms with Crippen LogP contribution in [0.4, 0.5) is 5.69 Å². The highest BCUT2D eigenvalue weighted by Crippen LogP contribution is 2.44. The molecule has 7 nitrogen and oxygen atoms in total. The van der Waals surface area contributed by atoms with Gasteiger partial charge >= 0.3 is 5.97 Å². The van der Waals surface area contributed by atoms with Crippen molar-refractivity contribution >= 4 is 17.6 Å². The number of nitrogens with zero attached hydrogens (tertiary/aromatic N) is 3. The van der Waals surface area contributed by atoms with Crippen LogP contribution in [0.5, 0.6) is 5.75 Å². The molecule has 2 heterocycles. The summed E-state index contributed by atoms with van der Waals surface area (Å²) in [5.74, 6) is -0.708. The summed E-state index contributed by atoms with van der Waals surface area (Å²) in [6.07, 6.45) is 5.61. The maximum absolute atomic E-state index is 14.3. The van der Waals surface area contributed by atoms with E-state index in [1.54, 1.807) is 0 Å². The molecular formula is C37H54N3O4+. The summed E-state index contributed by atoms with van der Waals surface area (Å²) in [5, 5.41) is 10.7. The topological polar surface area (TPSA) is 70.1 Å². The second-order valence-electron chi connectivity index (χ2n) is 14.9. The van der Waals surface area contributed by atoms with Gasteiger partial charge in [0.15, 0.2) is 0 Å². The SMILES string of the molecule is CCCCN(C(=O)CN1C[C@H](c2ccc3c(c2)CCO3)[C@@H](C(=O)O)[C@@H]1CC(C)(C)C=C(C)C)c1cccc(C[N+](C)(C)C)c1. The number of hydrogen-bond donors (Lipinski definition) is 1. The first-order valence-corrected chi connectivity index (χ1v) is 16.3. The van der Waals surface area contributed by atoms with E-state index in [-0.39, 0.29) is 29.8 Å². The highest BCUT2D eigenvalue weighted by Gasteiger charge is 2.48. The van der Waals surface area contributed by atoms with Crippen molar-refractivity contribution in [1.82, 2.24) is 4.90 Å². The van der Waals surface area contributed by atoms with Crippen LogP contribution >= 0.6 is 0 Å². The molecule has 0 radical (unpaired) electrons. The van der Waals surface area contributed by atoms with Crippen LogP contribution in [0.1, 0.15) is 76.5 Å². The summed E-state index contributed by atoms with van der Waals surface area (Å²) >= 11 is 0. The number of fused-ring (bicyclic) bond motifs is 1. The van der Waals surface area contributed by atoms with Crippen LogP contribution in [0.15, 0.2) is 54.1 Å². The third kappa shape index (κ3) is 8.51. The van der Waals surface area contributed by atoms with Gasteiger partial charge in [0.1, 0.15) is 12.3 Å². The van der Waals surface area contributed by atoms with Crippen LogP contribution in [0.2, 0.25) is 0 Å². The number of aliphatic carboxylic acids is 1. The van der Waals surface area contributed by atoms with E-state index in [0.717, 1.165) is 52.9 Å². The number of carboxylic acids is 1. The van der Waals surface area contributed by atoms with Crippen molar-refractivity contribution in [2.24, 2.45) is 11.3 Å². The van der Waals surface area contributed by atoms with Crippen LogP contribution < -0.4 is 9.64 Å². The number of amides is 1. The number of rotatable bonds is 13. The normalized spacial score (nSPS) is 20.2. The van der Waals surface area contributed by atoms with Crippen LogP contribution in [-0.4, -0.2) is 79.8 Å². The van der Waals surface area contributed by atoms with E-state index in [1.165, 1.54) is 11.1 Å². The Hall–Kier alpha value is -3.16. The molecule has 7 heteroatoms. The third-order valence-electron chi connectivity index (χ3n) is 8.84. The molecule has 44 heavy (non-hydrogen) atoms. The molecule has 1 N–H and O–H groups in total. The zero-order valence-electron chi connectivity index (χ0n) is 28.2. The second kappa shape index (κ2) is 13.9. The Morgan fingerprint density at radius 2 is 1.89 bits per heavy atom. The number of carbonyl (C=O) groups is 2. The fourth-order valence-corrected chi connectivity index (χ4v) is 7.24. The van der Waals surface area contributed by atoms with Crippen LogP contribution in [-0.2, 0) is 22.6 Å². The average Bonchev–Trinajstić information content (AvgIpc) is 3.51. The summed E-state index contributed by atoms with van der Waals surface area (Å²) in [6.45, 7) is 13.5. The van der Waals surface area contributed by atoms with Gasteiger partial charge in [-0.2, -0.15) is 0 Å². The molecule has 2 aromatic carbocycles. The predicted molar refractivity (Wildman–Crippen MR) is 178 cm³/mol. The number of anilines is 1. The second-order valence-corrected chi connectivity index (χ2v) is 14.9. The quantitative estimate of drug-likeness (QED) is 0.209. The van der Waals surface area contributed by atoms with E-state index in [9.17, 15) is 14.7 Å².